The molecule has 0 saturated heterocycles. The average Bonchev–Trinajstić information content (AvgIpc) is 3.11. The van der Waals surface area contributed by atoms with Crippen molar-refractivity contribution in [3.63, 3.8) is 0 Å². The monoisotopic (exact) mass is 456 g/mol. The van der Waals surface area contributed by atoms with E-state index < -0.39 is 0 Å². The molecule has 0 saturated carbocycles. The second-order valence-corrected chi connectivity index (χ2v) is 8.98. The second kappa shape index (κ2) is 8.83. The van der Waals surface area contributed by atoms with E-state index in [-0.39, 0.29) is 11.7 Å². The summed E-state index contributed by atoms with van der Waals surface area (Å²) in [4.78, 5) is 15.5. The maximum Gasteiger partial charge on any atom is 0.163 e. The number of ketones is 1. The predicted molar refractivity (Wildman–Crippen MR) is 132 cm³/mol. The maximum absolute atomic E-state index is 13.3. The van der Waals surface area contributed by atoms with Gasteiger partial charge in [-0.05, 0) is 54.8 Å². The van der Waals surface area contributed by atoms with Crippen LogP contribution in [0.1, 0.15) is 40.9 Å². The van der Waals surface area contributed by atoms with Crippen molar-refractivity contribution >= 4 is 28.8 Å². The molecule has 0 N–H and O–H groups in total. The summed E-state index contributed by atoms with van der Waals surface area (Å²) in [5, 5.41) is 9.32. The van der Waals surface area contributed by atoms with Crippen LogP contribution in [0.25, 0.3) is 11.3 Å². The number of aromatic nitrogens is 3. The number of anilines is 2. The Labute approximate surface area is 198 Å². The summed E-state index contributed by atoms with van der Waals surface area (Å²) in [6.45, 7) is 5.48. The van der Waals surface area contributed by atoms with E-state index in [0.717, 1.165) is 28.3 Å². The van der Waals surface area contributed by atoms with E-state index in [4.69, 9.17) is 11.6 Å². The van der Waals surface area contributed by atoms with Crippen molar-refractivity contribution in [1.82, 2.24) is 15.0 Å². The number of rotatable bonds is 5. The van der Waals surface area contributed by atoms with Crippen molar-refractivity contribution in [2.75, 3.05) is 11.4 Å². The predicted octanol–water partition coefficient (Wildman–Crippen LogP) is 6.44. The Balaban J connectivity index is 1.55. The first kappa shape index (κ1) is 21.4. The van der Waals surface area contributed by atoms with E-state index in [1.54, 1.807) is 0 Å². The molecule has 3 aromatic carbocycles. The molecular formula is C27H25ClN4O. The molecule has 0 fully saturated rings. The molecule has 0 aliphatic carbocycles. The third kappa shape index (κ3) is 4.16. The summed E-state index contributed by atoms with van der Waals surface area (Å²) < 4.78 is 1.95. The van der Waals surface area contributed by atoms with Crippen LogP contribution in [0.15, 0.2) is 72.8 Å². The van der Waals surface area contributed by atoms with E-state index in [0.29, 0.717) is 30.1 Å². The fourth-order valence-corrected chi connectivity index (χ4v) is 4.64. The van der Waals surface area contributed by atoms with Crippen molar-refractivity contribution in [3.05, 3.63) is 94.6 Å². The third-order valence-corrected chi connectivity index (χ3v) is 6.56. The molecule has 1 atom stereocenters. The van der Waals surface area contributed by atoms with Crippen molar-refractivity contribution in [3.8, 4) is 11.3 Å². The smallest absolute Gasteiger partial charge is 0.163 e. The van der Waals surface area contributed by atoms with Gasteiger partial charge in [0.1, 0.15) is 0 Å². The second-order valence-electron chi connectivity index (χ2n) is 8.55. The van der Waals surface area contributed by atoms with Crippen LogP contribution in [0.5, 0.6) is 0 Å². The Morgan fingerprint density at radius 2 is 1.79 bits per heavy atom. The number of carbonyl (C=O) groups excluding carboxylic acids is 1. The zero-order chi connectivity index (χ0) is 22.9. The first-order valence-electron chi connectivity index (χ1n) is 11.2. The summed E-state index contributed by atoms with van der Waals surface area (Å²) in [5.41, 5.74) is 6.81. The maximum atomic E-state index is 13.3. The van der Waals surface area contributed by atoms with Crippen LogP contribution in [0.2, 0.25) is 5.02 Å². The molecule has 1 aliphatic heterocycles. The van der Waals surface area contributed by atoms with Crippen LogP contribution in [0.3, 0.4) is 0 Å². The molecule has 5 rings (SSSR count). The summed E-state index contributed by atoms with van der Waals surface area (Å²) in [6, 6.07) is 24.0. The number of hydrogen-bond donors (Lipinski definition) is 0. The van der Waals surface area contributed by atoms with E-state index >= 15 is 0 Å². The summed E-state index contributed by atoms with van der Waals surface area (Å²) in [7, 11) is 0. The zero-order valence-corrected chi connectivity index (χ0v) is 19.5. The standard InChI is InChI=1S/C27H25ClN4O/c1-18(20-6-4-3-5-7-20)16-26(33)21-8-13-24-25(17-21)31(23-11-9-22(28)10-12-23)14-15-32-27(24)19(2)29-30-32/h3-13,17-18H,14-16H2,1-2H3/t18-/m0/s1. The molecule has 0 unspecified atom stereocenters. The molecule has 0 amide bonds. The van der Waals surface area contributed by atoms with E-state index in [1.165, 1.54) is 5.56 Å². The molecule has 2 heterocycles. The van der Waals surface area contributed by atoms with Gasteiger partial charge in [0.15, 0.2) is 5.78 Å². The summed E-state index contributed by atoms with van der Waals surface area (Å²) in [5.74, 6) is 0.288. The van der Waals surface area contributed by atoms with Gasteiger partial charge < -0.3 is 4.90 Å². The van der Waals surface area contributed by atoms with Crippen LogP contribution < -0.4 is 4.90 Å². The van der Waals surface area contributed by atoms with Gasteiger partial charge in [-0.15, -0.1) is 5.10 Å². The minimum Gasteiger partial charge on any atom is -0.339 e. The molecular weight excluding hydrogens is 432 g/mol. The Hall–Kier alpha value is -3.44. The van der Waals surface area contributed by atoms with Gasteiger partial charge in [-0.25, -0.2) is 4.68 Å². The van der Waals surface area contributed by atoms with Crippen LogP contribution in [0, 0.1) is 6.92 Å². The normalized spacial score (nSPS) is 13.7. The van der Waals surface area contributed by atoms with Gasteiger partial charge in [0.2, 0.25) is 0 Å². The number of aryl methyl sites for hydroxylation is 1. The van der Waals surface area contributed by atoms with Gasteiger partial charge in [-0.2, -0.15) is 0 Å². The lowest BCUT2D eigenvalue weighted by molar-refractivity contribution is 0.0975. The Kier molecular flexibility index (Phi) is 5.73. The van der Waals surface area contributed by atoms with E-state index in [9.17, 15) is 4.79 Å². The molecule has 0 spiro atoms. The lowest BCUT2D eigenvalue weighted by Crippen LogP contribution is -2.21. The first-order valence-corrected chi connectivity index (χ1v) is 11.5. The number of benzene rings is 3. The molecule has 4 aromatic rings. The zero-order valence-electron chi connectivity index (χ0n) is 18.7. The highest BCUT2D eigenvalue weighted by atomic mass is 35.5. The number of carbonyl (C=O) groups is 1. The molecule has 0 bridgehead atoms. The molecule has 33 heavy (non-hydrogen) atoms. The average molecular weight is 457 g/mol. The van der Waals surface area contributed by atoms with E-state index in [1.807, 2.05) is 72.3 Å². The Morgan fingerprint density at radius 3 is 2.55 bits per heavy atom. The molecule has 5 nitrogen and oxygen atoms in total. The highest BCUT2D eigenvalue weighted by Crippen LogP contribution is 2.39. The van der Waals surface area contributed by atoms with Gasteiger partial charge in [0.05, 0.1) is 23.6 Å². The van der Waals surface area contributed by atoms with Crippen LogP contribution in [0.4, 0.5) is 11.4 Å². The SMILES string of the molecule is Cc1nnn2c1-c1ccc(C(=O)C[C@H](C)c3ccccc3)cc1N(c1ccc(Cl)cc1)CC2. The number of halogens is 1. The fraction of sp³-hybridized carbons (Fsp3) is 0.222. The molecule has 6 heteroatoms. The van der Waals surface area contributed by atoms with Crippen molar-refractivity contribution in [2.45, 2.75) is 32.7 Å². The highest BCUT2D eigenvalue weighted by Gasteiger charge is 2.25. The summed E-state index contributed by atoms with van der Waals surface area (Å²) >= 11 is 6.14. The van der Waals surface area contributed by atoms with Gasteiger partial charge in [-0.3, -0.25) is 4.79 Å². The van der Waals surface area contributed by atoms with Gasteiger partial charge in [0.25, 0.3) is 0 Å². The highest BCUT2D eigenvalue weighted by molar-refractivity contribution is 6.30. The molecule has 1 aliphatic rings. The number of nitrogens with zero attached hydrogens (tertiary/aromatic N) is 4. The van der Waals surface area contributed by atoms with Gasteiger partial charge >= 0.3 is 0 Å². The molecule has 166 valence electrons. The van der Waals surface area contributed by atoms with Crippen LogP contribution in [-0.2, 0) is 6.54 Å². The minimum absolute atomic E-state index is 0.137. The summed E-state index contributed by atoms with van der Waals surface area (Å²) in [6.07, 6.45) is 0.461. The number of hydrogen-bond acceptors (Lipinski definition) is 4. The van der Waals surface area contributed by atoms with Crippen molar-refractivity contribution in [2.24, 2.45) is 0 Å². The number of fused-ring (bicyclic) bond motifs is 3. The molecule has 0 radical (unpaired) electrons. The lowest BCUT2D eigenvalue weighted by Gasteiger charge is -2.25. The lowest BCUT2D eigenvalue weighted by atomic mass is 9.92. The van der Waals surface area contributed by atoms with Crippen LogP contribution in [-0.4, -0.2) is 27.3 Å². The number of Topliss-reactive ketones (excluding diaryl/α,β-unsaturated/α-hetero) is 1. The fourth-order valence-electron chi connectivity index (χ4n) is 4.52. The Bertz CT molecular complexity index is 1300. The van der Waals surface area contributed by atoms with E-state index in [2.05, 4.69) is 34.3 Å². The van der Waals surface area contributed by atoms with Crippen molar-refractivity contribution in [1.29, 1.82) is 0 Å². The topological polar surface area (TPSA) is 51.0 Å². The first-order chi connectivity index (χ1) is 16.0. The minimum atomic E-state index is 0.137. The molecule has 1 aromatic heterocycles. The van der Waals surface area contributed by atoms with Gasteiger partial charge in [0, 0.05) is 34.8 Å². The third-order valence-electron chi connectivity index (χ3n) is 6.30. The van der Waals surface area contributed by atoms with Gasteiger partial charge in [-0.1, -0.05) is 60.1 Å². The quantitative estimate of drug-likeness (QED) is 0.324. The van der Waals surface area contributed by atoms with Crippen LogP contribution >= 0.6 is 11.6 Å². The Morgan fingerprint density at radius 1 is 1.03 bits per heavy atom. The van der Waals surface area contributed by atoms with Crippen molar-refractivity contribution < 1.29 is 4.79 Å². The largest absolute Gasteiger partial charge is 0.339 e.